The second-order valence-corrected chi connectivity index (χ2v) is 5.55. The number of carboxylic acids is 1. The molecule has 0 aromatic heterocycles. The van der Waals surface area contributed by atoms with E-state index in [9.17, 15) is 14.7 Å². The molecule has 0 bridgehead atoms. The predicted octanol–water partition coefficient (Wildman–Crippen LogP) is 0.987. The smallest absolute Gasteiger partial charge is 0.234 e. The Morgan fingerprint density at radius 2 is 2.00 bits per heavy atom. The van der Waals surface area contributed by atoms with Crippen LogP contribution >= 0.6 is 11.8 Å². The summed E-state index contributed by atoms with van der Waals surface area (Å²) in [6.45, 7) is 0. The Hall–Kier alpha value is -1.49. The van der Waals surface area contributed by atoms with Gasteiger partial charge in [0.15, 0.2) is 0 Å². The van der Waals surface area contributed by atoms with E-state index >= 15 is 0 Å². The number of aliphatic carboxylic acids is 1. The molecule has 0 saturated carbocycles. The van der Waals surface area contributed by atoms with E-state index in [4.69, 9.17) is 0 Å². The minimum absolute atomic E-state index is 0.137. The highest BCUT2D eigenvalue weighted by Gasteiger charge is 2.14. The molecule has 0 atom stereocenters. The Balaban J connectivity index is 1.95. The van der Waals surface area contributed by atoms with Crippen molar-refractivity contribution in [1.29, 1.82) is 0 Å². The Morgan fingerprint density at radius 3 is 2.79 bits per heavy atom. The zero-order chi connectivity index (χ0) is 13.7. The molecule has 4 nitrogen and oxygen atoms in total. The molecule has 1 aliphatic carbocycles. The summed E-state index contributed by atoms with van der Waals surface area (Å²) in [5.41, 5.74) is 3.41. The van der Waals surface area contributed by atoms with Crippen LogP contribution in [0.2, 0.25) is 0 Å². The van der Waals surface area contributed by atoms with Gasteiger partial charge in [-0.2, -0.15) is 0 Å². The minimum atomic E-state index is -1.14. The molecule has 102 valence electrons. The van der Waals surface area contributed by atoms with E-state index in [2.05, 4.69) is 11.4 Å². The molecule has 1 aromatic carbocycles. The molecular formula is C14H16NO3S-. The highest BCUT2D eigenvalue weighted by Crippen LogP contribution is 2.27. The van der Waals surface area contributed by atoms with Crippen LogP contribution in [0, 0.1) is 0 Å². The molecule has 1 amide bonds. The third kappa shape index (κ3) is 3.99. The van der Waals surface area contributed by atoms with E-state index in [0.29, 0.717) is 0 Å². The molecule has 19 heavy (non-hydrogen) atoms. The number of carbonyl (C=O) groups excluding carboxylic acids is 2. The molecule has 0 heterocycles. The van der Waals surface area contributed by atoms with Crippen molar-refractivity contribution in [3.05, 3.63) is 29.3 Å². The van der Waals surface area contributed by atoms with Crippen LogP contribution < -0.4 is 10.4 Å². The van der Waals surface area contributed by atoms with E-state index < -0.39 is 5.97 Å². The Labute approximate surface area is 116 Å². The second kappa shape index (κ2) is 6.61. The van der Waals surface area contributed by atoms with E-state index in [-0.39, 0.29) is 17.4 Å². The third-order valence-corrected chi connectivity index (χ3v) is 4.03. The maximum Gasteiger partial charge on any atom is 0.234 e. The monoisotopic (exact) mass is 278 g/mol. The number of carbonyl (C=O) groups is 2. The van der Waals surface area contributed by atoms with Crippen molar-refractivity contribution in [2.45, 2.75) is 25.7 Å². The van der Waals surface area contributed by atoms with Crippen LogP contribution in [0.15, 0.2) is 18.2 Å². The van der Waals surface area contributed by atoms with Crippen LogP contribution in [0.1, 0.15) is 24.0 Å². The molecule has 0 radical (unpaired) electrons. The molecule has 0 fully saturated rings. The lowest BCUT2D eigenvalue weighted by atomic mass is 9.90. The summed E-state index contributed by atoms with van der Waals surface area (Å²) in [7, 11) is 0. The van der Waals surface area contributed by atoms with Gasteiger partial charge in [0.1, 0.15) is 0 Å². The Kier molecular flexibility index (Phi) is 4.85. The first-order valence-electron chi connectivity index (χ1n) is 6.35. The maximum atomic E-state index is 11.7. The van der Waals surface area contributed by atoms with Gasteiger partial charge in [0.25, 0.3) is 0 Å². The lowest BCUT2D eigenvalue weighted by molar-refractivity contribution is -0.301. The summed E-state index contributed by atoms with van der Waals surface area (Å²) >= 11 is 1.05. The fourth-order valence-corrected chi connectivity index (χ4v) is 2.84. The number of carboxylic acid groups (broad SMARTS) is 1. The van der Waals surface area contributed by atoms with Crippen LogP contribution in [0.25, 0.3) is 0 Å². The largest absolute Gasteiger partial charge is 0.549 e. The van der Waals surface area contributed by atoms with Gasteiger partial charge in [-0.25, -0.2) is 0 Å². The number of hydrogen-bond acceptors (Lipinski definition) is 4. The lowest BCUT2D eigenvalue weighted by Gasteiger charge is -2.19. The van der Waals surface area contributed by atoms with Gasteiger partial charge < -0.3 is 15.2 Å². The van der Waals surface area contributed by atoms with Gasteiger partial charge in [-0.05, 0) is 42.9 Å². The number of aryl methyl sites for hydroxylation is 1. The van der Waals surface area contributed by atoms with E-state index in [1.54, 1.807) is 0 Å². The predicted molar refractivity (Wildman–Crippen MR) is 74.0 cm³/mol. The lowest BCUT2D eigenvalue weighted by Crippen LogP contribution is -2.25. The number of hydrogen-bond donors (Lipinski definition) is 1. The van der Waals surface area contributed by atoms with Crippen molar-refractivity contribution < 1.29 is 14.7 Å². The van der Waals surface area contributed by atoms with Gasteiger partial charge in [0.2, 0.25) is 5.91 Å². The molecule has 0 saturated heterocycles. The fourth-order valence-electron chi connectivity index (χ4n) is 2.31. The second-order valence-electron chi connectivity index (χ2n) is 4.56. The first-order valence-corrected chi connectivity index (χ1v) is 7.50. The van der Waals surface area contributed by atoms with Gasteiger partial charge in [-0.3, -0.25) is 4.79 Å². The molecule has 0 unspecified atom stereocenters. The molecule has 2 rings (SSSR count). The zero-order valence-electron chi connectivity index (χ0n) is 10.6. The van der Waals surface area contributed by atoms with E-state index in [1.165, 1.54) is 17.5 Å². The minimum Gasteiger partial charge on any atom is -0.549 e. The quantitative estimate of drug-likeness (QED) is 0.872. The van der Waals surface area contributed by atoms with Gasteiger partial charge in [-0.15, -0.1) is 11.8 Å². The number of thioether (sulfide) groups is 1. The molecule has 0 spiro atoms. The Morgan fingerprint density at radius 1 is 1.21 bits per heavy atom. The average molecular weight is 278 g/mol. The number of anilines is 1. The summed E-state index contributed by atoms with van der Waals surface area (Å²) in [5.74, 6) is -1.32. The topological polar surface area (TPSA) is 69.2 Å². The highest BCUT2D eigenvalue weighted by atomic mass is 32.2. The van der Waals surface area contributed by atoms with E-state index in [0.717, 1.165) is 36.7 Å². The van der Waals surface area contributed by atoms with E-state index in [1.807, 2.05) is 12.1 Å². The van der Waals surface area contributed by atoms with Crippen molar-refractivity contribution in [3.8, 4) is 0 Å². The van der Waals surface area contributed by atoms with Gasteiger partial charge in [0.05, 0.1) is 11.7 Å². The summed E-state index contributed by atoms with van der Waals surface area (Å²) in [6, 6.07) is 5.97. The summed E-state index contributed by atoms with van der Waals surface area (Å²) < 4.78 is 0. The normalized spacial score (nSPS) is 13.7. The highest BCUT2D eigenvalue weighted by molar-refractivity contribution is 8.00. The third-order valence-electron chi connectivity index (χ3n) is 3.12. The first kappa shape index (κ1) is 13.9. The van der Waals surface area contributed by atoms with Gasteiger partial charge in [0, 0.05) is 11.4 Å². The standard InChI is InChI=1S/C14H17NO3S/c16-13(8-19-9-14(17)18)15-12-7-3-5-10-4-1-2-6-11(10)12/h3,5,7H,1-2,4,6,8-9H2,(H,15,16)(H,17,18)/p-1. The molecule has 1 N–H and O–H groups in total. The Bertz CT molecular complexity index is 488. The summed E-state index contributed by atoms with van der Waals surface area (Å²) in [6.07, 6.45) is 4.42. The van der Waals surface area contributed by atoms with Crippen LogP contribution in [0.4, 0.5) is 5.69 Å². The summed E-state index contributed by atoms with van der Waals surface area (Å²) in [5, 5.41) is 13.1. The van der Waals surface area contributed by atoms with Crippen molar-refractivity contribution in [2.24, 2.45) is 0 Å². The van der Waals surface area contributed by atoms with Crippen molar-refractivity contribution >= 4 is 29.3 Å². The number of nitrogens with one attached hydrogen (secondary N) is 1. The first-order chi connectivity index (χ1) is 9.16. The number of benzene rings is 1. The van der Waals surface area contributed by atoms with Crippen LogP contribution in [-0.2, 0) is 22.4 Å². The van der Waals surface area contributed by atoms with Crippen molar-refractivity contribution in [1.82, 2.24) is 0 Å². The number of rotatable bonds is 5. The fraction of sp³-hybridized carbons (Fsp3) is 0.429. The average Bonchev–Trinajstić information content (AvgIpc) is 2.39. The van der Waals surface area contributed by atoms with Crippen LogP contribution in [-0.4, -0.2) is 23.4 Å². The molecule has 1 aromatic rings. The van der Waals surface area contributed by atoms with Crippen molar-refractivity contribution in [2.75, 3.05) is 16.8 Å². The zero-order valence-corrected chi connectivity index (χ0v) is 11.4. The molecule has 5 heteroatoms. The van der Waals surface area contributed by atoms with Crippen molar-refractivity contribution in [3.63, 3.8) is 0 Å². The van der Waals surface area contributed by atoms with Crippen LogP contribution in [0.3, 0.4) is 0 Å². The SMILES string of the molecule is O=C([O-])CSCC(=O)Nc1cccc2c1CCCC2. The number of amides is 1. The maximum absolute atomic E-state index is 11.7. The van der Waals surface area contributed by atoms with Crippen LogP contribution in [0.5, 0.6) is 0 Å². The molecule has 1 aliphatic rings. The molecular weight excluding hydrogens is 262 g/mol. The summed E-state index contributed by atoms with van der Waals surface area (Å²) in [4.78, 5) is 22.0. The number of fused-ring (bicyclic) bond motifs is 1. The molecule has 0 aliphatic heterocycles. The van der Waals surface area contributed by atoms with Gasteiger partial charge >= 0.3 is 0 Å². The van der Waals surface area contributed by atoms with Gasteiger partial charge in [-0.1, -0.05) is 12.1 Å².